The van der Waals surface area contributed by atoms with E-state index in [0.29, 0.717) is 0 Å². The Labute approximate surface area is 84.4 Å². The summed E-state index contributed by atoms with van der Waals surface area (Å²) in [5.74, 6) is -1.80. The summed E-state index contributed by atoms with van der Waals surface area (Å²) in [6.07, 6.45) is 0.254. The topological polar surface area (TPSA) is 43.4 Å². The average molecular weight is 217 g/mol. The Hall–Kier alpha value is -1.42. The summed E-state index contributed by atoms with van der Waals surface area (Å²) in [5.41, 5.74) is -0.645. The second-order valence-electron chi connectivity index (χ2n) is 2.43. The van der Waals surface area contributed by atoms with Crippen LogP contribution in [0.3, 0.4) is 0 Å². The number of benzene rings is 1. The highest BCUT2D eigenvalue weighted by Gasteiger charge is 2.17. The molecule has 0 aromatic heterocycles. The highest BCUT2D eigenvalue weighted by atomic mass is 35.5. The molecule has 0 aliphatic rings. The zero-order valence-corrected chi connectivity index (χ0v) is 7.97. The number of carbonyl (C=O) groups is 2. The van der Waals surface area contributed by atoms with E-state index in [-0.39, 0.29) is 22.4 Å². The molecule has 0 amide bonds. The smallest absolute Gasteiger partial charge is 0.340 e. The molecule has 1 rings (SSSR count). The second-order valence-corrected chi connectivity index (χ2v) is 2.84. The second kappa shape index (κ2) is 4.19. The summed E-state index contributed by atoms with van der Waals surface area (Å²) in [5, 5.41) is -0.0369. The molecular formula is C9H6ClFO3. The van der Waals surface area contributed by atoms with Gasteiger partial charge in [-0.1, -0.05) is 11.6 Å². The van der Waals surface area contributed by atoms with Gasteiger partial charge >= 0.3 is 5.97 Å². The van der Waals surface area contributed by atoms with E-state index >= 15 is 0 Å². The minimum absolute atomic E-state index is 0.0369. The maximum Gasteiger partial charge on any atom is 0.340 e. The van der Waals surface area contributed by atoms with Crippen molar-refractivity contribution in [3.63, 3.8) is 0 Å². The predicted molar refractivity (Wildman–Crippen MR) is 48.1 cm³/mol. The Bertz CT molecular complexity index is 390. The van der Waals surface area contributed by atoms with Crippen LogP contribution in [0.2, 0.25) is 5.02 Å². The van der Waals surface area contributed by atoms with Gasteiger partial charge in [0.25, 0.3) is 0 Å². The summed E-state index contributed by atoms with van der Waals surface area (Å²) in [6.45, 7) is 0. The quantitative estimate of drug-likeness (QED) is 0.562. The maximum absolute atomic E-state index is 13.4. The Morgan fingerprint density at radius 1 is 1.57 bits per heavy atom. The van der Waals surface area contributed by atoms with Gasteiger partial charge in [0.15, 0.2) is 6.29 Å². The lowest BCUT2D eigenvalue weighted by atomic mass is 10.1. The molecule has 0 saturated carbocycles. The van der Waals surface area contributed by atoms with Gasteiger partial charge in [-0.15, -0.1) is 0 Å². The summed E-state index contributed by atoms with van der Waals surface area (Å²) in [6, 6.07) is 2.43. The van der Waals surface area contributed by atoms with E-state index in [1.54, 1.807) is 0 Å². The van der Waals surface area contributed by atoms with Crippen molar-refractivity contribution in [2.75, 3.05) is 7.11 Å². The van der Waals surface area contributed by atoms with E-state index in [1.807, 2.05) is 0 Å². The first kappa shape index (κ1) is 10.7. The van der Waals surface area contributed by atoms with Crippen LogP contribution >= 0.6 is 11.6 Å². The minimum Gasteiger partial charge on any atom is -0.465 e. The number of ether oxygens (including phenoxy) is 1. The summed E-state index contributed by atoms with van der Waals surface area (Å²) < 4.78 is 17.7. The van der Waals surface area contributed by atoms with Gasteiger partial charge in [0.2, 0.25) is 0 Å². The molecule has 0 aliphatic heterocycles. The number of aldehydes is 1. The number of carbonyl (C=O) groups excluding carboxylic acids is 2. The minimum atomic E-state index is -0.959. The first-order valence-corrected chi connectivity index (χ1v) is 4.01. The lowest BCUT2D eigenvalue weighted by Crippen LogP contribution is -2.06. The molecule has 0 fully saturated rings. The largest absolute Gasteiger partial charge is 0.465 e. The molecule has 0 unspecified atom stereocenters. The third-order valence-corrected chi connectivity index (χ3v) is 1.98. The lowest BCUT2D eigenvalue weighted by molar-refractivity contribution is 0.0595. The van der Waals surface area contributed by atoms with Crippen LogP contribution in [0, 0.1) is 5.82 Å². The molecule has 0 radical (unpaired) electrons. The van der Waals surface area contributed by atoms with Crippen molar-refractivity contribution in [1.29, 1.82) is 0 Å². The van der Waals surface area contributed by atoms with Crippen LogP contribution in [0.15, 0.2) is 12.1 Å². The molecule has 0 N–H and O–H groups in total. The molecule has 0 heterocycles. The third-order valence-electron chi connectivity index (χ3n) is 1.65. The van der Waals surface area contributed by atoms with Crippen LogP contribution in [-0.2, 0) is 4.74 Å². The van der Waals surface area contributed by atoms with Gasteiger partial charge in [-0.3, -0.25) is 4.79 Å². The monoisotopic (exact) mass is 216 g/mol. The fourth-order valence-corrected chi connectivity index (χ4v) is 1.14. The van der Waals surface area contributed by atoms with E-state index in [0.717, 1.165) is 13.2 Å². The van der Waals surface area contributed by atoms with Gasteiger partial charge in [0.1, 0.15) is 5.82 Å². The van der Waals surface area contributed by atoms with Crippen molar-refractivity contribution in [3.05, 3.63) is 34.1 Å². The maximum atomic E-state index is 13.4. The Morgan fingerprint density at radius 3 is 2.71 bits per heavy atom. The Morgan fingerprint density at radius 2 is 2.21 bits per heavy atom. The summed E-state index contributed by atoms with van der Waals surface area (Å²) in [7, 11) is 1.12. The number of hydrogen-bond donors (Lipinski definition) is 0. The standard InChI is InChI=1S/C9H6ClFO3/c1-14-9(13)5-2-3-7(10)6(4-12)8(5)11/h2-4H,1H3. The molecule has 1 aromatic rings. The van der Waals surface area contributed by atoms with Crippen LogP contribution in [0.1, 0.15) is 20.7 Å². The Kier molecular flexibility index (Phi) is 3.19. The highest BCUT2D eigenvalue weighted by molar-refractivity contribution is 6.33. The molecule has 0 spiro atoms. The number of hydrogen-bond acceptors (Lipinski definition) is 3. The van der Waals surface area contributed by atoms with Crippen LogP contribution in [0.4, 0.5) is 4.39 Å². The first-order valence-electron chi connectivity index (χ1n) is 3.63. The van der Waals surface area contributed by atoms with Gasteiger partial charge in [-0.25, -0.2) is 9.18 Å². The molecule has 14 heavy (non-hydrogen) atoms. The predicted octanol–water partition coefficient (Wildman–Crippen LogP) is 2.08. The van der Waals surface area contributed by atoms with Crippen LogP contribution in [-0.4, -0.2) is 19.4 Å². The fourth-order valence-electron chi connectivity index (χ4n) is 0.945. The number of esters is 1. The van der Waals surface area contributed by atoms with Crippen molar-refractivity contribution >= 4 is 23.9 Å². The average Bonchev–Trinajstić information content (AvgIpc) is 2.18. The molecule has 0 saturated heterocycles. The molecular weight excluding hydrogens is 211 g/mol. The Balaban J connectivity index is 3.35. The van der Waals surface area contributed by atoms with Crippen molar-refractivity contribution < 1.29 is 18.7 Å². The van der Waals surface area contributed by atoms with Crippen molar-refractivity contribution in [2.45, 2.75) is 0 Å². The summed E-state index contributed by atoms with van der Waals surface area (Å²) >= 11 is 5.53. The van der Waals surface area contributed by atoms with Gasteiger partial charge in [-0.2, -0.15) is 0 Å². The zero-order valence-electron chi connectivity index (χ0n) is 7.21. The van der Waals surface area contributed by atoms with Crippen molar-refractivity contribution in [1.82, 2.24) is 0 Å². The number of halogens is 2. The van der Waals surface area contributed by atoms with Crippen LogP contribution < -0.4 is 0 Å². The number of rotatable bonds is 2. The van der Waals surface area contributed by atoms with Gasteiger partial charge in [0, 0.05) is 0 Å². The van der Waals surface area contributed by atoms with Gasteiger partial charge < -0.3 is 4.74 Å². The molecule has 0 bridgehead atoms. The lowest BCUT2D eigenvalue weighted by Gasteiger charge is -2.03. The zero-order chi connectivity index (χ0) is 10.7. The summed E-state index contributed by atoms with van der Waals surface area (Å²) in [4.78, 5) is 21.4. The van der Waals surface area contributed by atoms with E-state index in [2.05, 4.69) is 4.74 Å². The first-order chi connectivity index (χ1) is 6.61. The van der Waals surface area contributed by atoms with Gasteiger partial charge in [-0.05, 0) is 12.1 Å². The molecule has 0 aliphatic carbocycles. The van der Waals surface area contributed by atoms with Crippen molar-refractivity contribution in [3.8, 4) is 0 Å². The van der Waals surface area contributed by atoms with E-state index in [4.69, 9.17) is 11.6 Å². The fraction of sp³-hybridized carbons (Fsp3) is 0.111. The van der Waals surface area contributed by atoms with E-state index < -0.39 is 11.8 Å². The van der Waals surface area contributed by atoms with Gasteiger partial charge in [0.05, 0.1) is 23.3 Å². The van der Waals surface area contributed by atoms with Crippen LogP contribution in [0.5, 0.6) is 0 Å². The van der Waals surface area contributed by atoms with Crippen molar-refractivity contribution in [2.24, 2.45) is 0 Å². The molecule has 1 aromatic carbocycles. The van der Waals surface area contributed by atoms with Crippen LogP contribution in [0.25, 0.3) is 0 Å². The molecule has 74 valence electrons. The highest BCUT2D eigenvalue weighted by Crippen LogP contribution is 2.21. The SMILES string of the molecule is COC(=O)c1ccc(Cl)c(C=O)c1F. The van der Waals surface area contributed by atoms with E-state index in [1.165, 1.54) is 6.07 Å². The van der Waals surface area contributed by atoms with E-state index in [9.17, 15) is 14.0 Å². The third kappa shape index (κ3) is 1.75. The number of methoxy groups -OCH3 is 1. The molecule has 5 heteroatoms. The molecule has 0 atom stereocenters. The molecule has 3 nitrogen and oxygen atoms in total. The normalized spacial score (nSPS) is 9.64.